The first-order chi connectivity index (χ1) is 7.58. The minimum absolute atomic E-state index is 0.0864. The highest BCUT2D eigenvalue weighted by Gasteiger charge is 2.26. The molecule has 2 rings (SSSR count). The highest BCUT2D eigenvalue weighted by molar-refractivity contribution is 9.10. The molecule has 5 heteroatoms. The van der Waals surface area contributed by atoms with Crippen LogP contribution in [0.5, 0.6) is 0 Å². The van der Waals surface area contributed by atoms with Gasteiger partial charge in [-0.05, 0) is 18.2 Å². The lowest BCUT2D eigenvalue weighted by Crippen LogP contribution is -2.39. The number of piperidine rings is 1. The molecule has 84 valence electrons. The van der Waals surface area contributed by atoms with Gasteiger partial charge in [0.1, 0.15) is 11.6 Å². The molecule has 1 saturated heterocycles. The minimum Gasteiger partial charge on any atom is -0.309 e. The molecule has 16 heavy (non-hydrogen) atoms. The van der Waals surface area contributed by atoms with Crippen molar-refractivity contribution < 1.29 is 14.0 Å². The number of nitrogens with zero attached hydrogens (tertiary/aromatic N) is 1. The molecule has 0 unspecified atom stereocenters. The Morgan fingerprint density at radius 2 is 2.06 bits per heavy atom. The van der Waals surface area contributed by atoms with Crippen molar-refractivity contribution in [3.05, 3.63) is 28.5 Å². The zero-order chi connectivity index (χ0) is 11.7. The van der Waals surface area contributed by atoms with E-state index in [9.17, 15) is 14.0 Å². The van der Waals surface area contributed by atoms with E-state index in [-0.39, 0.29) is 36.8 Å². The largest absolute Gasteiger partial charge is 0.309 e. The number of ketones is 1. The first-order valence-corrected chi connectivity index (χ1v) is 5.64. The van der Waals surface area contributed by atoms with Crippen molar-refractivity contribution >= 4 is 33.3 Å². The Kier molecular flexibility index (Phi) is 3.05. The summed E-state index contributed by atoms with van der Waals surface area (Å²) in [6, 6.07) is 4.41. The van der Waals surface area contributed by atoms with Crippen LogP contribution in [0.4, 0.5) is 10.1 Å². The molecule has 0 aliphatic carbocycles. The van der Waals surface area contributed by atoms with E-state index in [1.54, 1.807) is 12.1 Å². The second kappa shape index (κ2) is 4.33. The molecule has 0 atom stereocenters. The van der Waals surface area contributed by atoms with E-state index in [0.29, 0.717) is 4.47 Å². The maximum Gasteiger partial charge on any atom is 0.234 e. The Bertz CT molecular complexity index is 461. The third-order valence-electron chi connectivity index (χ3n) is 2.46. The first kappa shape index (κ1) is 11.3. The average Bonchev–Trinajstić information content (AvgIpc) is 2.22. The van der Waals surface area contributed by atoms with Gasteiger partial charge in [-0.3, -0.25) is 9.59 Å². The SMILES string of the molecule is O=C1CCN(c2cc(Br)ccc2F)C(=O)C1. The maximum absolute atomic E-state index is 13.5. The lowest BCUT2D eigenvalue weighted by molar-refractivity contribution is -0.128. The van der Waals surface area contributed by atoms with Crippen LogP contribution in [-0.2, 0) is 9.59 Å². The van der Waals surface area contributed by atoms with Crippen molar-refractivity contribution in [2.75, 3.05) is 11.4 Å². The van der Waals surface area contributed by atoms with Crippen molar-refractivity contribution in [1.29, 1.82) is 0 Å². The van der Waals surface area contributed by atoms with Gasteiger partial charge in [-0.2, -0.15) is 0 Å². The van der Waals surface area contributed by atoms with Crippen LogP contribution in [0.3, 0.4) is 0 Å². The van der Waals surface area contributed by atoms with Gasteiger partial charge in [0.15, 0.2) is 0 Å². The van der Waals surface area contributed by atoms with Crippen LogP contribution in [0, 0.1) is 5.82 Å². The van der Waals surface area contributed by atoms with Crippen LogP contribution in [0.15, 0.2) is 22.7 Å². The van der Waals surface area contributed by atoms with Crippen LogP contribution in [0.2, 0.25) is 0 Å². The van der Waals surface area contributed by atoms with Crippen LogP contribution in [0.1, 0.15) is 12.8 Å². The summed E-state index contributed by atoms with van der Waals surface area (Å²) >= 11 is 3.22. The van der Waals surface area contributed by atoms with Gasteiger partial charge >= 0.3 is 0 Å². The molecule has 0 aromatic heterocycles. The molecule has 0 radical (unpaired) electrons. The van der Waals surface area contributed by atoms with Crippen molar-refractivity contribution in [2.24, 2.45) is 0 Å². The van der Waals surface area contributed by atoms with Crippen LogP contribution < -0.4 is 4.90 Å². The summed E-state index contributed by atoms with van der Waals surface area (Å²) in [6.07, 6.45) is 0.156. The Balaban J connectivity index is 2.33. The van der Waals surface area contributed by atoms with E-state index < -0.39 is 5.82 Å². The van der Waals surface area contributed by atoms with E-state index in [4.69, 9.17) is 0 Å². The topological polar surface area (TPSA) is 37.4 Å². The van der Waals surface area contributed by atoms with Gasteiger partial charge in [0.25, 0.3) is 0 Å². The van der Waals surface area contributed by atoms with E-state index >= 15 is 0 Å². The lowest BCUT2D eigenvalue weighted by Gasteiger charge is -2.26. The fraction of sp³-hybridized carbons (Fsp3) is 0.273. The fourth-order valence-corrected chi connectivity index (χ4v) is 2.01. The van der Waals surface area contributed by atoms with Crippen molar-refractivity contribution in [2.45, 2.75) is 12.8 Å². The number of rotatable bonds is 1. The molecule has 1 amide bonds. The predicted molar refractivity (Wildman–Crippen MR) is 60.7 cm³/mol. The number of hydrogen-bond donors (Lipinski definition) is 0. The Hall–Kier alpha value is -1.23. The Morgan fingerprint density at radius 3 is 2.75 bits per heavy atom. The number of anilines is 1. The Morgan fingerprint density at radius 1 is 1.31 bits per heavy atom. The molecular formula is C11H9BrFNO2. The molecule has 3 nitrogen and oxygen atoms in total. The third-order valence-corrected chi connectivity index (χ3v) is 2.96. The molecular weight excluding hydrogens is 277 g/mol. The summed E-state index contributed by atoms with van der Waals surface area (Å²) in [6.45, 7) is 0.255. The fourth-order valence-electron chi connectivity index (χ4n) is 1.66. The van der Waals surface area contributed by atoms with Gasteiger partial charge in [0.05, 0.1) is 12.1 Å². The molecule has 1 aliphatic rings. The summed E-state index contributed by atoms with van der Waals surface area (Å²) < 4.78 is 14.2. The normalized spacial score (nSPS) is 16.8. The van der Waals surface area contributed by atoms with Gasteiger partial charge in [-0.15, -0.1) is 0 Å². The molecule has 1 heterocycles. The zero-order valence-corrected chi connectivity index (χ0v) is 9.96. The molecule has 1 aromatic carbocycles. The van der Waals surface area contributed by atoms with Crippen molar-refractivity contribution in [3.63, 3.8) is 0 Å². The van der Waals surface area contributed by atoms with E-state index in [1.807, 2.05) is 0 Å². The van der Waals surface area contributed by atoms with E-state index in [1.165, 1.54) is 11.0 Å². The number of carbonyl (C=O) groups is 2. The second-order valence-electron chi connectivity index (χ2n) is 3.61. The van der Waals surface area contributed by atoms with E-state index in [2.05, 4.69) is 15.9 Å². The summed E-state index contributed by atoms with van der Waals surface area (Å²) in [5, 5.41) is 0. The molecule has 0 bridgehead atoms. The maximum atomic E-state index is 13.5. The molecule has 0 saturated carbocycles. The standard InChI is InChI=1S/C11H9BrFNO2/c12-7-1-2-9(13)10(5-7)14-4-3-8(15)6-11(14)16/h1-2,5H,3-4,6H2. The highest BCUT2D eigenvalue weighted by atomic mass is 79.9. The summed E-state index contributed by atoms with van der Waals surface area (Å²) in [4.78, 5) is 24.0. The summed E-state index contributed by atoms with van der Waals surface area (Å²) in [5.41, 5.74) is 0.229. The van der Waals surface area contributed by atoms with Crippen molar-refractivity contribution in [1.82, 2.24) is 0 Å². The summed E-state index contributed by atoms with van der Waals surface area (Å²) in [5.74, 6) is -0.879. The van der Waals surface area contributed by atoms with E-state index in [0.717, 1.165) is 0 Å². The van der Waals surface area contributed by atoms with Gasteiger partial charge in [-0.1, -0.05) is 15.9 Å². The third kappa shape index (κ3) is 2.14. The van der Waals surface area contributed by atoms with Gasteiger partial charge in [0.2, 0.25) is 5.91 Å². The smallest absolute Gasteiger partial charge is 0.234 e. The summed E-state index contributed by atoms with van der Waals surface area (Å²) in [7, 11) is 0. The van der Waals surface area contributed by atoms with Crippen LogP contribution >= 0.6 is 15.9 Å². The number of halogens is 2. The number of hydrogen-bond acceptors (Lipinski definition) is 2. The van der Waals surface area contributed by atoms with Crippen molar-refractivity contribution in [3.8, 4) is 0 Å². The second-order valence-corrected chi connectivity index (χ2v) is 4.52. The molecule has 0 spiro atoms. The van der Waals surface area contributed by atoms with Gasteiger partial charge in [-0.25, -0.2) is 4.39 Å². The quantitative estimate of drug-likeness (QED) is 0.743. The van der Waals surface area contributed by atoms with Crippen LogP contribution in [0.25, 0.3) is 0 Å². The zero-order valence-electron chi connectivity index (χ0n) is 8.37. The molecule has 0 N–H and O–H groups in total. The number of amides is 1. The molecule has 1 aliphatic heterocycles. The number of Topliss-reactive ketones (excluding diaryl/α,β-unsaturated/α-hetero) is 1. The first-order valence-electron chi connectivity index (χ1n) is 4.85. The monoisotopic (exact) mass is 285 g/mol. The average molecular weight is 286 g/mol. The minimum atomic E-state index is -0.453. The predicted octanol–water partition coefficient (Wildman–Crippen LogP) is 2.28. The van der Waals surface area contributed by atoms with Gasteiger partial charge < -0.3 is 4.90 Å². The molecule has 1 aromatic rings. The van der Waals surface area contributed by atoms with Crippen LogP contribution in [-0.4, -0.2) is 18.2 Å². The molecule has 1 fully saturated rings. The Labute approximate surface area is 100 Å². The number of benzene rings is 1. The van der Waals surface area contributed by atoms with Gasteiger partial charge in [0, 0.05) is 17.4 Å². The lowest BCUT2D eigenvalue weighted by atomic mass is 10.1. The number of carbonyl (C=O) groups excluding carboxylic acids is 2. The highest BCUT2D eigenvalue weighted by Crippen LogP contribution is 2.26.